The highest BCUT2D eigenvalue weighted by Crippen LogP contribution is 2.48. The van der Waals surface area contributed by atoms with Crippen LogP contribution in [-0.2, 0) is 0 Å². The van der Waals surface area contributed by atoms with Crippen LogP contribution in [0.15, 0.2) is 71.9 Å². The molecule has 0 nitrogen and oxygen atoms in total. The van der Waals surface area contributed by atoms with E-state index in [1.807, 2.05) is 0 Å². The van der Waals surface area contributed by atoms with Gasteiger partial charge in [-0.15, -0.1) is 0 Å². The van der Waals surface area contributed by atoms with Gasteiger partial charge in [0.15, 0.2) is 0 Å². The standard InChI is InChI=1S/C19H16/c1-2-8-14-9-4-5-13-18-16-11-7-6-10-15(16)17(12-3-1)19(14)18/h1-3,6-8,10-13H,4-5,9H2/b2-1-,3-1?,8-2?,12-3-,14-8-,17-12?. The molecule has 0 aromatic heterocycles. The Labute approximate surface area is 114 Å². The number of hydrogen-bond donors (Lipinski definition) is 0. The van der Waals surface area contributed by atoms with Gasteiger partial charge in [0.2, 0.25) is 0 Å². The van der Waals surface area contributed by atoms with E-state index < -0.39 is 0 Å². The monoisotopic (exact) mass is 244 g/mol. The molecule has 3 aliphatic carbocycles. The molecule has 19 heavy (non-hydrogen) atoms. The summed E-state index contributed by atoms with van der Waals surface area (Å²) in [5.41, 5.74) is 8.62. The third-order valence-electron chi connectivity index (χ3n) is 4.15. The zero-order valence-corrected chi connectivity index (χ0v) is 10.9. The fourth-order valence-electron chi connectivity index (χ4n) is 3.32. The van der Waals surface area contributed by atoms with Crippen molar-refractivity contribution in [1.29, 1.82) is 0 Å². The molecule has 0 N–H and O–H groups in total. The minimum atomic E-state index is 1.19. The number of allylic oxidation sites excluding steroid dienone is 10. The smallest absolute Gasteiger partial charge is 0.00701 e. The second-order valence-corrected chi connectivity index (χ2v) is 5.28. The van der Waals surface area contributed by atoms with E-state index in [1.165, 1.54) is 52.7 Å². The maximum Gasteiger partial charge on any atom is -0.00701 e. The van der Waals surface area contributed by atoms with Crippen LogP contribution in [0.5, 0.6) is 0 Å². The van der Waals surface area contributed by atoms with Crippen LogP contribution in [0, 0.1) is 0 Å². The summed E-state index contributed by atoms with van der Waals surface area (Å²) in [6.45, 7) is 0. The van der Waals surface area contributed by atoms with E-state index in [4.69, 9.17) is 0 Å². The van der Waals surface area contributed by atoms with Gasteiger partial charge in [0, 0.05) is 0 Å². The van der Waals surface area contributed by atoms with Crippen LogP contribution in [-0.4, -0.2) is 0 Å². The Kier molecular flexibility index (Phi) is 2.41. The summed E-state index contributed by atoms with van der Waals surface area (Å²) in [6, 6.07) is 8.80. The first-order chi connectivity index (χ1) is 9.45. The topological polar surface area (TPSA) is 0 Å². The summed E-state index contributed by atoms with van der Waals surface area (Å²) in [6.07, 6.45) is 17.1. The van der Waals surface area contributed by atoms with Crippen LogP contribution >= 0.6 is 0 Å². The zero-order chi connectivity index (χ0) is 12.7. The number of hydrogen-bond acceptors (Lipinski definition) is 0. The third-order valence-corrected chi connectivity index (χ3v) is 4.15. The zero-order valence-electron chi connectivity index (χ0n) is 10.9. The molecule has 0 aliphatic heterocycles. The van der Waals surface area contributed by atoms with Crippen molar-refractivity contribution in [2.45, 2.75) is 19.3 Å². The molecule has 1 aromatic carbocycles. The Bertz CT molecular complexity index is 691. The molecule has 0 atom stereocenters. The SMILES string of the molecule is C1=C2C3=C(\C=C/C=C\C=C3\CCC1)c1ccccc12. The van der Waals surface area contributed by atoms with Crippen molar-refractivity contribution in [1.82, 2.24) is 0 Å². The Morgan fingerprint density at radius 1 is 0.895 bits per heavy atom. The van der Waals surface area contributed by atoms with Gasteiger partial charge in [0.05, 0.1) is 0 Å². The van der Waals surface area contributed by atoms with E-state index in [9.17, 15) is 0 Å². The van der Waals surface area contributed by atoms with Crippen LogP contribution in [0.1, 0.15) is 30.4 Å². The van der Waals surface area contributed by atoms with Gasteiger partial charge in [-0.2, -0.15) is 0 Å². The van der Waals surface area contributed by atoms with Gasteiger partial charge in [-0.1, -0.05) is 60.7 Å². The molecule has 0 amide bonds. The van der Waals surface area contributed by atoms with Crippen LogP contribution in [0.4, 0.5) is 0 Å². The van der Waals surface area contributed by atoms with E-state index in [0.29, 0.717) is 0 Å². The first-order valence-corrected chi connectivity index (χ1v) is 7.04. The molecule has 4 rings (SSSR count). The quantitative estimate of drug-likeness (QED) is 0.597. The molecule has 0 heterocycles. The highest BCUT2D eigenvalue weighted by Gasteiger charge is 2.27. The highest BCUT2D eigenvalue weighted by molar-refractivity contribution is 6.06. The van der Waals surface area contributed by atoms with Crippen LogP contribution in [0.25, 0.3) is 11.1 Å². The van der Waals surface area contributed by atoms with E-state index in [0.717, 1.165) is 0 Å². The van der Waals surface area contributed by atoms with E-state index in [1.54, 1.807) is 0 Å². The van der Waals surface area contributed by atoms with Crippen molar-refractivity contribution in [2.24, 2.45) is 0 Å². The molecule has 0 saturated heterocycles. The molecule has 0 heteroatoms. The molecule has 0 bridgehead atoms. The summed E-state index contributed by atoms with van der Waals surface area (Å²) in [5, 5.41) is 0. The third kappa shape index (κ3) is 1.60. The number of fused-ring (bicyclic) bond motifs is 3. The predicted octanol–water partition coefficient (Wildman–Crippen LogP) is 5.07. The lowest BCUT2D eigenvalue weighted by atomic mass is 9.94. The average Bonchev–Trinajstić information content (AvgIpc) is 2.58. The molecule has 92 valence electrons. The lowest BCUT2D eigenvalue weighted by molar-refractivity contribution is 0.854. The molecule has 0 spiro atoms. The first-order valence-electron chi connectivity index (χ1n) is 7.04. The Morgan fingerprint density at radius 2 is 1.79 bits per heavy atom. The van der Waals surface area contributed by atoms with Crippen LogP contribution in [0.3, 0.4) is 0 Å². The van der Waals surface area contributed by atoms with Crippen molar-refractivity contribution in [3.8, 4) is 0 Å². The highest BCUT2D eigenvalue weighted by atomic mass is 14.3. The summed E-state index contributed by atoms with van der Waals surface area (Å²) < 4.78 is 0. The van der Waals surface area contributed by atoms with E-state index in [2.05, 4.69) is 60.7 Å². The van der Waals surface area contributed by atoms with Gasteiger partial charge < -0.3 is 0 Å². The molecule has 0 fully saturated rings. The van der Waals surface area contributed by atoms with E-state index in [-0.39, 0.29) is 0 Å². The minimum Gasteiger partial charge on any atom is -0.0760 e. The molecular weight excluding hydrogens is 228 g/mol. The molecular formula is C19H16. The second kappa shape index (κ2) is 4.24. The first kappa shape index (κ1) is 10.8. The van der Waals surface area contributed by atoms with Crippen LogP contribution < -0.4 is 0 Å². The molecule has 1 aromatic rings. The van der Waals surface area contributed by atoms with Crippen molar-refractivity contribution < 1.29 is 0 Å². The fraction of sp³-hybridized carbons (Fsp3) is 0.158. The molecule has 0 radical (unpaired) electrons. The van der Waals surface area contributed by atoms with Gasteiger partial charge in [-0.3, -0.25) is 0 Å². The normalized spacial score (nSPS) is 26.1. The molecule has 0 unspecified atom stereocenters. The predicted molar refractivity (Wildman–Crippen MR) is 81.6 cm³/mol. The van der Waals surface area contributed by atoms with Crippen molar-refractivity contribution in [3.63, 3.8) is 0 Å². The van der Waals surface area contributed by atoms with Crippen molar-refractivity contribution in [2.75, 3.05) is 0 Å². The molecule has 3 aliphatic rings. The lowest BCUT2D eigenvalue weighted by Crippen LogP contribution is -1.90. The minimum absolute atomic E-state index is 1.19. The summed E-state index contributed by atoms with van der Waals surface area (Å²) in [5.74, 6) is 0. The van der Waals surface area contributed by atoms with Gasteiger partial charge in [-0.25, -0.2) is 0 Å². The summed E-state index contributed by atoms with van der Waals surface area (Å²) in [4.78, 5) is 0. The second-order valence-electron chi connectivity index (χ2n) is 5.28. The van der Waals surface area contributed by atoms with Crippen molar-refractivity contribution in [3.05, 3.63) is 83.0 Å². The largest absolute Gasteiger partial charge is 0.0760 e. The van der Waals surface area contributed by atoms with Crippen LogP contribution in [0.2, 0.25) is 0 Å². The number of benzene rings is 1. The van der Waals surface area contributed by atoms with Gasteiger partial charge in [-0.05, 0) is 52.7 Å². The Hall–Kier alpha value is -2.08. The van der Waals surface area contributed by atoms with Gasteiger partial charge >= 0.3 is 0 Å². The maximum absolute atomic E-state index is 2.43. The Morgan fingerprint density at radius 3 is 2.74 bits per heavy atom. The Balaban J connectivity index is 2.05. The summed E-state index contributed by atoms with van der Waals surface area (Å²) >= 11 is 0. The van der Waals surface area contributed by atoms with Gasteiger partial charge in [0.25, 0.3) is 0 Å². The average molecular weight is 244 g/mol. The summed E-state index contributed by atoms with van der Waals surface area (Å²) in [7, 11) is 0. The lowest BCUT2D eigenvalue weighted by Gasteiger charge is -2.10. The molecule has 0 saturated carbocycles. The fourth-order valence-corrected chi connectivity index (χ4v) is 3.32. The van der Waals surface area contributed by atoms with E-state index >= 15 is 0 Å². The number of rotatable bonds is 0. The maximum atomic E-state index is 2.43. The van der Waals surface area contributed by atoms with Gasteiger partial charge in [0.1, 0.15) is 0 Å². The van der Waals surface area contributed by atoms with Crippen molar-refractivity contribution >= 4 is 11.1 Å².